The Kier molecular flexibility index (Phi) is 9.17. The van der Waals surface area contributed by atoms with Crippen molar-refractivity contribution in [2.45, 2.75) is 66.9 Å². The Balaban J connectivity index is 1.85. The van der Waals surface area contributed by atoms with Gasteiger partial charge < -0.3 is 0 Å². The number of ether oxygens (including phenoxy) is 1. The molecule has 3 unspecified atom stereocenters. The van der Waals surface area contributed by atoms with Crippen LogP contribution in [-0.2, 0) is 14.3 Å². The zero-order valence-electron chi connectivity index (χ0n) is 18.4. The molecule has 1 saturated heterocycles. The predicted octanol–water partition coefficient (Wildman–Crippen LogP) is 3.40. The van der Waals surface area contributed by atoms with E-state index in [-0.39, 0.29) is 23.8 Å². The molecular weight excluding hydrogens is 571 g/mol. The fourth-order valence-corrected chi connectivity index (χ4v) is 5.78. The Hall–Kier alpha value is -0.958. The molecule has 5 nitrogen and oxygen atoms in total. The van der Waals surface area contributed by atoms with Crippen LogP contribution >= 0.6 is 0 Å². The number of likely N-dealkylation sites (tertiary alicyclic amines) is 1. The molecule has 163 valence electrons. The monoisotopic (exact) mass is 607 g/mol. The number of amides is 1. The van der Waals surface area contributed by atoms with E-state index in [1.54, 1.807) is 0 Å². The van der Waals surface area contributed by atoms with Crippen LogP contribution in [0.1, 0.15) is 56.4 Å². The normalized spacial score (nSPS) is 23.5. The molecule has 1 aliphatic carbocycles. The van der Waals surface area contributed by atoms with Gasteiger partial charge in [0.15, 0.2) is 0 Å². The quantitative estimate of drug-likeness (QED) is 0.337. The molecule has 0 N–H and O–H groups in total. The maximum absolute atomic E-state index is 14.0. The number of methoxy groups -OCH3 is 1. The van der Waals surface area contributed by atoms with Gasteiger partial charge in [0.1, 0.15) is 0 Å². The fourth-order valence-electron chi connectivity index (χ4n) is 5.17. The molecule has 1 saturated carbocycles. The SMILES string of the molecule is COC(=O)C1CC(N(C)CC[CH2][Pb])CN1C(=O)C(c1ccccc1)C1CCCCC1. The zero-order valence-corrected chi connectivity index (χ0v) is 22.3. The summed E-state index contributed by atoms with van der Waals surface area (Å²) in [6.45, 7) is 1.64. The van der Waals surface area contributed by atoms with Crippen molar-refractivity contribution >= 4 is 37.6 Å². The van der Waals surface area contributed by atoms with Gasteiger partial charge in [-0.1, -0.05) is 12.5 Å². The molecule has 1 heterocycles. The van der Waals surface area contributed by atoms with Crippen LogP contribution < -0.4 is 0 Å². The van der Waals surface area contributed by atoms with Gasteiger partial charge >= 0.3 is 185 Å². The second kappa shape index (κ2) is 11.6. The molecule has 3 atom stereocenters. The van der Waals surface area contributed by atoms with E-state index in [0.717, 1.165) is 24.9 Å². The molecule has 0 bridgehead atoms. The van der Waals surface area contributed by atoms with Gasteiger partial charge in [-0.3, -0.25) is 0 Å². The third-order valence-electron chi connectivity index (χ3n) is 6.89. The molecule has 0 aromatic heterocycles. The van der Waals surface area contributed by atoms with Gasteiger partial charge in [-0.25, -0.2) is 0 Å². The van der Waals surface area contributed by atoms with E-state index < -0.39 is 6.04 Å². The van der Waals surface area contributed by atoms with Crippen molar-refractivity contribution in [1.29, 1.82) is 0 Å². The summed E-state index contributed by atoms with van der Waals surface area (Å²) in [5.74, 6) is 0.0260. The van der Waals surface area contributed by atoms with Gasteiger partial charge in [0.05, 0.1) is 0 Å². The number of esters is 1. The summed E-state index contributed by atoms with van der Waals surface area (Å²) in [7, 11) is 3.56. The standard InChI is InChI=1S/C24H35N2O3.Pb/c1-4-15-25(2)20-16-21(24(28)29-3)26(17-20)23(27)22(18-11-7-5-8-12-18)19-13-9-6-10-14-19;/h5,7-8,11-12,19-22H,1,4,6,9-10,13-17H2,2-3H3;. The first-order valence-electron chi connectivity index (χ1n) is 11.3. The van der Waals surface area contributed by atoms with E-state index in [9.17, 15) is 9.59 Å². The van der Waals surface area contributed by atoms with Gasteiger partial charge in [-0.2, -0.15) is 0 Å². The Bertz CT molecular complexity index is 693. The minimum absolute atomic E-state index is 0.113. The Morgan fingerprint density at radius 3 is 2.53 bits per heavy atom. The number of likely N-dealkylation sites (N-methyl/N-ethyl adjacent to an activating group) is 1. The van der Waals surface area contributed by atoms with Crippen LogP contribution in [0.4, 0.5) is 0 Å². The summed E-state index contributed by atoms with van der Waals surface area (Å²) in [6, 6.07) is 9.94. The van der Waals surface area contributed by atoms with Crippen LogP contribution in [0.25, 0.3) is 0 Å². The Morgan fingerprint density at radius 1 is 1.20 bits per heavy atom. The van der Waals surface area contributed by atoms with Crippen molar-refractivity contribution < 1.29 is 14.3 Å². The molecule has 3 radical (unpaired) electrons. The first-order chi connectivity index (χ1) is 14.6. The number of carbonyl (C=O) groups is 2. The van der Waals surface area contributed by atoms with Crippen molar-refractivity contribution in [1.82, 2.24) is 9.80 Å². The second-order valence-electron chi connectivity index (χ2n) is 8.79. The molecule has 2 fully saturated rings. The van der Waals surface area contributed by atoms with Crippen molar-refractivity contribution in [3.8, 4) is 0 Å². The first kappa shape index (κ1) is 23.7. The second-order valence-corrected chi connectivity index (χ2v) is 10.7. The van der Waals surface area contributed by atoms with Crippen molar-refractivity contribution in [2.24, 2.45) is 5.92 Å². The summed E-state index contributed by atoms with van der Waals surface area (Å²) in [4.78, 5) is 30.8. The number of hydrogen-bond donors (Lipinski definition) is 0. The van der Waals surface area contributed by atoms with E-state index in [1.807, 2.05) is 23.1 Å². The van der Waals surface area contributed by atoms with Crippen LogP contribution in [0.15, 0.2) is 30.3 Å². The molecule has 2 aliphatic rings. The molecule has 1 aromatic rings. The molecule has 30 heavy (non-hydrogen) atoms. The maximum atomic E-state index is 14.0. The summed E-state index contributed by atoms with van der Waals surface area (Å²) >= 11 is 1.22. The van der Waals surface area contributed by atoms with Crippen LogP contribution in [0.5, 0.6) is 0 Å². The fraction of sp³-hybridized carbons (Fsp3) is 0.667. The van der Waals surface area contributed by atoms with Gasteiger partial charge in [0.25, 0.3) is 0 Å². The average molecular weight is 607 g/mol. The van der Waals surface area contributed by atoms with E-state index in [1.165, 1.54) is 62.5 Å². The summed E-state index contributed by atoms with van der Waals surface area (Å²) in [5, 5.41) is 0. The van der Waals surface area contributed by atoms with Gasteiger partial charge in [-0.05, 0) is 0 Å². The molecule has 0 spiro atoms. The van der Waals surface area contributed by atoms with Crippen molar-refractivity contribution in [3.05, 3.63) is 35.9 Å². The van der Waals surface area contributed by atoms with Gasteiger partial charge in [0, 0.05) is 0 Å². The van der Waals surface area contributed by atoms with Crippen LogP contribution in [0.3, 0.4) is 0 Å². The van der Waals surface area contributed by atoms with Crippen molar-refractivity contribution in [2.75, 3.05) is 27.2 Å². The first-order valence-corrected chi connectivity index (χ1v) is 14.1. The van der Waals surface area contributed by atoms with E-state index in [2.05, 4.69) is 24.1 Å². The summed E-state index contributed by atoms with van der Waals surface area (Å²) < 4.78 is 6.38. The number of carbonyl (C=O) groups excluding carboxylic acids is 2. The number of hydrogen-bond acceptors (Lipinski definition) is 4. The van der Waals surface area contributed by atoms with E-state index in [4.69, 9.17) is 4.74 Å². The number of rotatable bonds is 8. The topological polar surface area (TPSA) is 49.9 Å². The summed E-state index contributed by atoms with van der Waals surface area (Å²) in [5.41, 5.74) is 1.09. The molecular formula is C24H35N2O3Pb. The number of nitrogens with zero attached hydrogens (tertiary/aromatic N) is 2. The van der Waals surface area contributed by atoms with Crippen LogP contribution in [-0.4, -0.2) is 86.8 Å². The minimum atomic E-state index is -0.472. The third kappa shape index (κ3) is 5.64. The molecule has 1 amide bonds. The van der Waals surface area contributed by atoms with Crippen molar-refractivity contribution in [3.63, 3.8) is 0 Å². The Morgan fingerprint density at radius 2 is 1.90 bits per heavy atom. The predicted molar refractivity (Wildman–Crippen MR) is 119 cm³/mol. The van der Waals surface area contributed by atoms with Gasteiger partial charge in [-0.15, -0.1) is 0 Å². The van der Waals surface area contributed by atoms with Gasteiger partial charge in [0.2, 0.25) is 0 Å². The summed E-state index contributed by atoms with van der Waals surface area (Å²) in [6.07, 6.45) is 7.67. The molecule has 6 heteroatoms. The average Bonchev–Trinajstić information content (AvgIpc) is 3.24. The number of benzene rings is 1. The molecule has 1 aromatic carbocycles. The Labute approximate surface area is 197 Å². The zero-order chi connectivity index (χ0) is 21.5. The molecule has 3 rings (SSSR count). The molecule has 1 aliphatic heterocycles. The van der Waals surface area contributed by atoms with Crippen LogP contribution in [0.2, 0.25) is 3.98 Å². The van der Waals surface area contributed by atoms with E-state index >= 15 is 0 Å². The van der Waals surface area contributed by atoms with E-state index in [0.29, 0.717) is 18.9 Å². The third-order valence-corrected chi connectivity index (χ3v) is 8.27. The van der Waals surface area contributed by atoms with Crippen LogP contribution in [0, 0.1) is 5.92 Å².